The molecule has 0 atom stereocenters. The van der Waals surface area contributed by atoms with E-state index in [2.05, 4.69) is 15.5 Å². The summed E-state index contributed by atoms with van der Waals surface area (Å²) in [6.45, 7) is 7.24. The van der Waals surface area contributed by atoms with Crippen LogP contribution in [0.25, 0.3) is 11.4 Å². The van der Waals surface area contributed by atoms with Crippen molar-refractivity contribution in [1.82, 2.24) is 10.1 Å². The summed E-state index contributed by atoms with van der Waals surface area (Å²) in [5, 5.41) is 6.77. The second-order valence-electron chi connectivity index (χ2n) is 5.39. The number of carbonyl (C=O) groups is 1. The predicted octanol–water partition coefficient (Wildman–Crippen LogP) is 3.82. The molecule has 2 heterocycles. The lowest BCUT2D eigenvalue weighted by atomic mass is 10.1. The quantitative estimate of drug-likeness (QED) is 0.795. The Hall–Kier alpha value is -2.89. The van der Waals surface area contributed by atoms with E-state index in [9.17, 15) is 4.79 Å². The van der Waals surface area contributed by atoms with Gasteiger partial charge in [-0.2, -0.15) is 4.98 Å². The number of nitrogens with zero attached hydrogens (tertiary/aromatic N) is 2. The van der Waals surface area contributed by atoms with E-state index in [1.54, 1.807) is 19.9 Å². The van der Waals surface area contributed by atoms with Crippen molar-refractivity contribution in [3.8, 4) is 11.4 Å². The Kier molecular flexibility index (Phi) is 3.73. The van der Waals surface area contributed by atoms with Crippen LogP contribution < -0.4 is 5.32 Å². The van der Waals surface area contributed by atoms with Crippen molar-refractivity contribution < 1.29 is 13.7 Å². The molecule has 1 N–H and O–H groups in total. The van der Waals surface area contributed by atoms with E-state index in [0.29, 0.717) is 28.7 Å². The number of hydrogen-bond acceptors (Lipinski definition) is 5. The zero-order chi connectivity index (χ0) is 16.6. The lowest BCUT2D eigenvalue weighted by Crippen LogP contribution is -2.13. The minimum Gasteiger partial charge on any atom is -0.466 e. The maximum Gasteiger partial charge on any atom is 0.259 e. The van der Waals surface area contributed by atoms with Crippen LogP contribution in [-0.2, 0) is 0 Å². The van der Waals surface area contributed by atoms with E-state index in [1.807, 2.05) is 32.0 Å². The van der Waals surface area contributed by atoms with Gasteiger partial charge in [0.1, 0.15) is 11.5 Å². The van der Waals surface area contributed by atoms with Gasteiger partial charge >= 0.3 is 0 Å². The van der Waals surface area contributed by atoms with E-state index in [-0.39, 0.29) is 5.91 Å². The normalized spacial score (nSPS) is 10.8. The molecule has 118 valence electrons. The number of anilines is 1. The number of benzene rings is 1. The first-order chi connectivity index (χ1) is 11.0. The molecule has 23 heavy (non-hydrogen) atoms. The van der Waals surface area contributed by atoms with Crippen molar-refractivity contribution in [2.75, 3.05) is 5.32 Å². The second kappa shape index (κ2) is 5.72. The summed E-state index contributed by atoms with van der Waals surface area (Å²) in [5.41, 5.74) is 2.86. The third-order valence-corrected chi connectivity index (χ3v) is 3.69. The van der Waals surface area contributed by atoms with E-state index in [0.717, 1.165) is 16.9 Å². The summed E-state index contributed by atoms with van der Waals surface area (Å²) in [6.07, 6.45) is 0. The van der Waals surface area contributed by atoms with Crippen molar-refractivity contribution in [1.29, 1.82) is 0 Å². The minimum absolute atomic E-state index is 0.196. The van der Waals surface area contributed by atoms with Crippen molar-refractivity contribution in [2.45, 2.75) is 27.7 Å². The number of aryl methyl sites for hydroxylation is 3. The molecule has 6 nitrogen and oxygen atoms in total. The maximum atomic E-state index is 12.5. The molecule has 0 unspecified atom stereocenters. The summed E-state index contributed by atoms with van der Waals surface area (Å²) in [7, 11) is 0. The van der Waals surface area contributed by atoms with Gasteiger partial charge in [0.2, 0.25) is 11.7 Å². The summed E-state index contributed by atoms with van der Waals surface area (Å²) >= 11 is 0. The van der Waals surface area contributed by atoms with E-state index >= 15 is 0 Å². The highest BCUT2D eigenvalue weighted by Crippen LogP contribution is 2.24. The van der Waals surface area contributed by atoms with Crippen LogP contribution in [-0.4, -0.2) is 16.0 Å². The molecule has 3 aromatic rings. The van der Waals surface area contributed by atoms with E-state index in [1.165, 1.54) is 0 Å². The number of hydrogen-bond donors (Lipinski definition) is 1. The second-order valence-corrected chi connectivity index (χ2v) is 5.39. The fraction of sp³-hybridized carbons (Fsp3) is 0.235. The van der Waals surface area contributed by atoms with Gasteiger partial charge in [-0.15, -0.1) is 0 Å². The molecule has 0 spiro atoms. The molecular formula is C17H17N3O3. The van der Waals surface area contributed by atoms with Crippen molar-refractivity contribution in [3.05, 3.63) is 52.8 Å². The van der Waals surface area contributed by atoms with Crippen molar-refractivity contribution >= 4 is 11.6 Å². The van der Waals surface area contributed by atoms with Gasteiger partial charge in [0.15, 0.2) is 0 Å². The highest BCUT2D eigenvalue weighted by molar-refractivity contribution is 6.06. The van der Waals surface area contributed by atoms with E-state index < -0.39 is 0 Å². The minimum atomic E-state index is -0.196. The van der Waals surface area contributed by atoms with Crippen LogP contribution in [0.3, 0.4) is 0 Å². The number of furan rings is 1. The highest BCUT2D eigenvalue weighted by Gasteiger charge is 2.18. The van der Waals surface area contributed by atoms with Gasteiger partial charge in [-0.05, 0) is 32.9 Å². The molecule has 0 radical (unpaired) electrons. The Morgan fingerprint density at radius 1 is 1.13 bits per heavy atom. The molecule has 0 bridgehead atoms. The van der Waals surface area contributed by atoms with Crippen LogP contribution >= 0.6 is 0 Å². The van der Waals surface area contributed by atoms with Gasteiger partial charge in [0.25, 0.3) is 5.91 Å². The Morgan fingerprint density at radius 2 is 1.91 bits per heavy atom. The summed E-state index contributed by atoms with van der Waals surface area (Å²) in [6, 6.07) is 7.31. The first-order valence-corrected chi connectivity index (χ1v) is 7.24. The summed E-state index contributed by atoms with van der Waals surface area (Å²) in [4.78, 5) is 16.7. The van der Waals surface area contributed by atoms with Gasteiger partial charge in [0, 0.05) is 23.7 Å². The Morgan fingerprint density at radius 3 is 2.52 bits per heavy atom. The largest absolute Gasteiger partial charge is 0.466 e. The topological polar surface area (TPSA) is 81.2 Å². The summed E-state index contributed by atoms with van der Waals surface area (Å²) < 4.78 is 10.5. The zero-order valence-corrected chi connectivity index (χ0v) is 13.4. The fourth-order valence-electron chi connectivity index (χ4n) is 2.47. The molecule has 0 saturated carbocycles. The van der Waals surface area contributed by atoms with Crippen LogP contribution in [0.15, 0.2) is 33.2 Å². The molecule has 6 heteroatoms. The lowest BCUT2D eigenvalue weighted by Gasteiger charge is -2.06. The SMILES string of the molecule is Cc1nc(-c2cccc(NC(=O)c3c(C)oc(C)c3C)c2)no1. The molecule has 0 fully saturated rings. The monoisotopic (exact) mass is 311 g/mol. The third kappa shape index (κ3) is 2.88. The van der Waals surface area contributed by atoms with Crippen LogP contribution in [0.2, 0.25) is 0 Å². The highest BCUT2D eigenvalue weighted by atomic mass is 16.5. The molecule has 2 aromatic heterocycles. The number of rotatable bonds is 3. The Labute approximate surface area is 133 Å². The first kappa shape index (κ1) is 15.0. The fourth-order valence-corrected chi connectivity index (χ4v) is 2.47. The number of aromatic nitrogens is 2. The van der Waals surface area contributed by atoms with Crippen molar-refractivity contribution in [2.24, 2.45) is 0 Å². The Bertz CT molecular complexity index is 877. The van der Waals surface area contributed by atoms with E-state index in [4.69, 9.17) is 8.94 Å². The average molecular weight is 311 g/mol. The van der Waals surface area contributed by atoms with Crippen LogP contribution in [0.5, 0.6) is 0 Å². The molecule has 1 amide bonds. The van der Waals surface area contributed by atoms with Gasteiger partial charge in [-0.25, -0.2) is 0 Å². The van der Waals surface area contributed by atoms with Crippen LogP contribution in [0.4, 0.5) is 5.69 Å². The van der Waals surface area contributed by atoms with Gasteiger partial charge < -0.3 is 14.3 Å². The third-order valence-electron chi connectivity index (χ3n) is 3.69. The van der Waals surface area contributed by atoms with Gasteiger partial charge in [-0.3, -0.25) is 4.79 Å². The maximum absolute atomic E-state index is 12.5. The smallest absolute Gasteiger partial charge is 0.259 e. The van der Waals surface area contributed by atoms with Gasteiger partial charge in [0.05, 0.1) is 5.56 Å². The zero-order valence-electron chi connectivity index (χ0n) is 13.4. The van der Waals surface area contributed by atoms with Crippen LogP contribution in [0, 0.1) is 27.7 Å². The molecule has 0 aliphatic heterocycles. The standard InChI is InChI=1S/C17H17N3O3/c1-9-10(2)22-11(3)15(9)17(21)19-14-7-5-6-13(8-14)16-18-12(4)23-20-16/h5-8H,1-4H3,(H,19,21). The lowest BCUT2D eigenvalue weighted by molar-refractivity contribution is 0.102. The first-order valence-electron chi connectivity index (χ1n) is 7.24. The Balaban J connectivity index is 1.87. The molecule has 0 aliphatic rings. The molecule has 1 aromatic carbocycles. The average Bonchev–Trinajstić information content (AvgIpc) is 3.03. The molecule has 0 saturated heterocycles. The molecule has 3 rings (SSSR count). The number of carbonyl (C=O) groups excluding carboxylic acids is 1. The molecule has 0 aliphatic carbocycles. The molecular weight excluding hydrogens is 294 g/mol. The van der Waals surface area contributed by atoms with Crippen LogP contribution in [0.1, 0.15) is 33.3 Å². The summed E-state index contributed by atoms with van der Waals surface area (Å²) in [5.74, 6) is 2.16. The van der Waals surface area contributed by atoms with Gasteiger partial charge in [-0.1, -0.05) is 17.3 Å². The predicted molar refractivity (Wildman–Crippen MR) is 85.3 cm³/mol. The van der Waals surface area contributed by atoms with Crippen molar-refractivity contribution in [3.63, 3.8) is 0 Å². The number of nitrogens with one attached hydrogen (secondary N) is 1. The number of amides is 1.